The monoisotopic (exact) mass is 508 g/mol. The zero-order valence-corrected chi connectivity index (χ0v) is 21.0. The van der Waals surface area contributed by atoms with Gasteiger partial charge < -0.3 is 49.6 Å². The van der Waals surface area contributed by atoms with Crippen LogP contribution in [0.5, 0.6) is 0 Å². The number of carbonyl (C=O) groups is 2. The summed E-state index contributed by atoms with van der Waals surface area (Å²) in [5, 5.41) is 34.8. The lowest BCUT2D eigenvalue weighted by Gasteiger charge is -2.42. The van der Waals surface area contributed by atoms with Gasteiger partial charge in [-0.2, -0.15) is 0 Å². The second-order valence-corrected chi connectivity index (χ2v) is 8.35. The summed E-state index contributed by atoms with van der Waals surface area (Å²) >= 11 is 0. The Morgan fingerprint density at radius 3 is 2.14 bits per heavy atom. The zero-order valence-electron chi connectivity index (χ0n) is 21.0. The van der Waals surface area contributed by atoms with E-state index in [4.69, 9.17) is 23.7 Å². The summed E-state index contributed by atoms with van der Waals surface area (Å²) in [7, 11) is 0. The molecule has 206 valence electrons. The fourth-order valence-corrected chi connectivity index (χ4v) is 3.45. The van der Waals surface area contributed by atoms with Gasteiger partial charge in [0.15, 0.2) is 6.29 Å². The molecule has 0 radical (unpaired) electrons. The standard InChI is InChI=1S/C23H44N2O10/c1-3-4-5-6-7-8-24-19(28)16-33-12-11-31-9-10-32-13-14-34-23-20(25-17(2)27)22(30)21(29)18(15-26)35-23/h18,20-23,26,29-30H,3-16H2,1-2H3,(H,24,28)(H,25,27)/t18-,20-,21+,22-,23-/m1/s1. The molecule has 12 heteroatoms. The normalized spacial score (nSPS) is 24.3. The quantitative estimate of drug-likeness (QED) is 0.130. The van der Waals surface area contributed by atoms with Crippen LogP contribution in [-0.2, 0) is 33.3 Å². The molecule has 12 nitrogen and oxygen atoms in total. The maximum atomic E-state index is 11.6. The summed E-state index contributed by atoms with van der Waals surface area (Å²) in [6.07, 6.45) is 0.946. The zero-order chi connectivity index (χ0) is 25.9. The van der Waals surface area contributed by atoms with Crippen LogP contribution in [0.25, 0.3) is 0 Å². The third-order valence-corrected chi connectivity index (χ3v) is 5.34. The Morgan fingerprint density at radius 1 is 0.886 bits per heavy atom. The van der Waals surface area contributed by atoms with Crippen LogP contribution >= 0.6 is 0 Å². The molecule has 1 aliphatic rings. The number of hydrogen-bond acceptors (Lipinski definition) is 10. The van der Waals surface area contributed by atoms with E-state index < -0.39 is 43.2 Å². The first-order chi connectivity index (χ1) is 16.9. The van der Waals surface area contributed by atoms with Gasteiger partial charge in [0.1, 0.15) is 31.0 Å². The minimum Gasteiger partial charge on any atom is -0.394 e. The average molecular weight is 509 g/mol. The van der Waals surface area contributed by atoms with E-state index in [-0.39, 0.29) is 25.7 Å². The first-order valence-corrected chi connectivity index (χ1v) is 12.4. The van der Waals surface area contributed by atoms with Crippen molar-refractivity contribution < 1.29 is 48.6 Å². The minimum absolute atomic E-state index is 0.0116. The van der Waals surface area contributed by atoms with Crippen LogP contribution in [0.1, 0.15) is 46.0 Å². The van der Waals surface area contributed by atoms with Crippen LogP contribution in [0.15, 0.2) is 0 Å². The van der Waals surface area contributed by atoms with E-state index in [2.05, 4.69) is 17.6 Å². The van der Waals surface area contributed by atoms with E-state index in [9.17, 15) is 24.9 Å². The number of aliphatic hydroxyl groups excluding tert-OH is 3. The first kappa shape index (κ1) is 31.6. The molecule has 0 aromatic heterocycles. The molecule has 5 atom stereocenters. The van der Waals surface area contributed by atoms with Gasteiger partial charge in [-0.15, -0.1) is 0 Å². The average Bonchev–Trinajstić information content (AvgIpc) is 2.83. The molecule has 35 heavy (non-hydrogen) atoms. The van der Waals surface area contributed by atoms with Gasteiger partial charge >= 0.3 is 0 Å². The second-order valence-electron chi connectivity index (χ2n) is 8.35. The fourth-order valence-electron chi connectivity index (χ4n) is 3.45. The fraction of sp³-hybridized carbons (Fsp3) is 0.913. The second kappa shape index (κ2) is 19.8. The van der Waals surface area contributed by atoms with Crippen LogP contribution in [0.3, 0.4) is 0 Å². The molecule has 0 spiro atoms. The maximum Gasteiger partial charge on any atom is 0.245 e. The predicted molar refractivity (Wildman–Crippen MR) is 126 cm³/mol. The third kappa shape index (κ3) is 14.1. The van der Waals surface area contributed by atoms with Gasteiger partial charge in [0.2, 0.25) is 11.8 Å². The number of ether oxygens (including phenoxy) is 5. The molecule has 0 aromatic carbocycles. The van der Waals surface area contributed by atoms with Gasteiger partial charge in [0, 0.05) is 13.5 Å². The molecule has 1 rings (SSSR count). The van der Waals surface area contributed by atoms with Crippen molar-refractivity contribution in [2.24, 2.45) is 0 Å². The number of aliphatic hydroxyl groups is 3. The first-order valence-electron chi connectivity index (χ1n) is 12.4. The van der Waals surface area contributed by atoms with E-state index in [1.165, 1.54) is 26.2 Å². The number of hydrogen-bond donors (Lipinski definition) is 5. The van der Waals surface area contributed by atoms with Gasteiger partial charge in [-0.05, 0) is 6.42 Å². The van der Waals surface area contributed by atoms with Crippen molar-refractivity contribution in [3.05, 3.63) is 0 Å². The van der Waals surface area contributed by atoms with E-state index >= 15 is 0 Å². The van der Waals surface area contributed by atoms with Gasteiger partial charge in [0.25, 0.3) is 0 Å². The van der Waals surface area contributed by atoms with Gasteiger partial charge in [-0.3, -0.25) is 9.59 Å². The van der Waals surface area contributed by atoms with Crippen LogP contribution in [0.4, 0.5) is 0 Å². The molecule has 5 N–H and O–H groups in total. The number of amides is 2. The highest BCUT2D eigenvalue weighted by Gasteiger charge is 2.45. The Bertz CT molecular complexity index is 568. The smallest absolute Gasteiger partial charge is 0.245 e. The van der Waals surface area contributed by atoms with E-state index in [1.807, 2.05) is 0 Å². The van der Waals surface area contributed by atoms with Crippen LogP contribution in [0, 0.1) is 0 Å². The lowest BCUT2D eigenvalue weighted by molar-refractivity contribution is -0.272. The highest BCUT2D eigenvalue weighted by molar-refractivity contribution is 5.77. The topological polar surface area (TPSA) is 165 Å². The van der Waals surface area contributed by atoms with Crippen molar-refractivity contribution in [1.29, 1.82) is 0 Å². The molecular formula is C23H44N2O10. The maximum absolute atomic E-state index is 11.6. The molecule has 0 unspecified atom stereocenters. The molecule has 0 aromatic rings. The third-order valence-electron chi connectivity index (χ3n) is 5.34. The summed E-state index contributed by atoms with van der Waals surface area (Å²) in [5.74, 6) is -0.546. The van der Waals surface area contributed by atoms with Crippen LogP contribution < -0.4 is 10.6 Å². The van der Waals surface area contributed by atoms with Gasteiger partial charge in [0.05, 0.1) is 46.2 Å². The highest BCUT2D eigenvalue weighted by atomic mass is 16.7. The largest absolute Gasteiger partial charge is 0.394 e. The van der Waals surface area contributed by atoms with Crippen molar-refractivity contribution in [3.8, 4) is 0 Å². The summed E-state index contributed by atoms with van der Waals surface area (Å²) in [5.41, 5.74) is 0. The van der Waals surface area contributed by atoms with Crippen molar-refractivity contribution >= 4 is 11.8 Å². The number of unbranched alkanes of at least 4 members (excludes halogenated alkanes) is 4. The Morgan fingerprint density at radius 2 is 1.51 bits per heavy atom. The SMILES string of the molecule is CCCCCCCNC(=O)COCCOCCOCCO[C@@H]1O[C@H](CO)[C@H](O)[C@H](O)[C@H]1NC(C)=O. The van der Waals surface area contributed by atoms with Crippen molar-refractivity contribution in [2.45, 2.75) is 76.6 Å². The van der Waals surface area contributed by atoms with E-state index in [0.717, 1.165) is 12.8 Å². The Kier molecular flexibility index (Phi) is 17.9. The lowest BCUT2D eigenvalue weighted by atomic mass is 9.97. The van der Waals surface area contributed by atoms with Crippen molar-refractivity contribution in [1.82, 2.24) is 10.6 Å². The molecule has 0 bridgehead atoms. The molecule has 1 aliphatic heterocycles. The number of carbonyl (C=O) groups excluding carboxylic acids is 2. The summed E-state index contributed by atoms with van der Waals surface area (Å²) in [6.45, 7) is 5.19. The highest BCUT2D eigenvalue weighted by Crippen LogP contribution is 2.22. The number of rotatable bonds is 20. The van der Waals surface area contributed by atoms with Gasteiger partial charge in [-0.1, -0.05) is 32.6 Å². The molecule has 0 aliphatic carbocycles. The van der Waals surface area contributed by atoms with Crippen LogP contribution in [0.2, 0.25) is 0 Å². The molecular weight excluding hydrogens is 464 g/mol. The molecule has 1 fully saturated rings. The Hall–Kier alpha value is -1.38. The van der Waals surface area contributed by atoms with Gasteiger partial charge in [-0.25, -0.2) is 0 Å². The number of nitrogens with one attached hydrogen (secondary N) is 2. The molecule has 1 heterocycles. The minimum atomic E-state index is -1.36. The summed E-state index contributed by atoms with van der Waals surface area (Å²) in [4.78, 5) is 23.0. The van der Waals surface area contributed by atoms with Crippen molar-refractivity contribution in [3.63, 3.8) is 0 Å². The van der Waals surface area contributed by atoms with Crippen LogP contribution in [-0.4, -0.2) is 117 Å². The molecule has 1 saturated heterocycles. The van der Waals surface area contributed by atoms with Crippen molar-refractivity contribution in [2.75, 3.05) is 59.4 Å². The molecule has 0 saturated carbocycles. The Balaban J connectivity index is 2.03. The Labute approximate surface area is 207 Å². The summed E-state index contributed by atoms with van der Waals surface area (Å²) in [6, 6.07) is -0.985. The van der Waals surface area contributed by atoms with E-state index in [1.54, 1.807) is 0 Å². The lowest BCUT2D eigenvalue weighted by Crippen LogP contribution is -2.64. The summed E-state index contributed by atoms with van der Waals surface area (Å²) < 4.78 is 27.1. The van der Waals surface area contributed by atoms with E-state index in [0.29, 0.717) is 33.0 Å². The molecule has 2 amide bonds. The predicted octanol–water partition coefficient (Wildman–Crippen LogP) is -0.917.